The van der Waals surface area contributed by atoms with E-state index in [0.717, 1.165) is 18.2 Å². The summed E-state index contributed by atoms with van der Waals surface area (Å²) in [5.41, 5.74) is 0.0206. The van der Waals surface area contributed by atoms with E-state index in [2.05, 4.69) is 5.32 Å². The molecule has 0 saturated heterocycles. The highest BCUT2D eigenvalue weighted by Gasteiger charge is 2.17. The zero-order chi connectivity index (χ0) is 17.1. The lowest BCUT2D eigenvalue weighted by atomic mass is 10.1. The Labute approximate surface area is 139 Å². The average molecular weight is 360 g/mol. The molecule has 0 atom stereocenters. The predicted octanol–water partition coefficient (Wildman–Crippen LogP) is 3.90. The molecule has 2 aromatic rings. The van der Waals surface area contributed by atoms with E-state index in [1.54, 1.807) is 0 Å². The Morgan fingerprint density at radius 1 is 1.09 bits per heavy atom. The second kappa shape index (κ2) is 6.93. The van der Waals surface area contributed by atoms with E-state index in [4.69, 9.17) is 28.3 Å². The van der Waals surface area contributed by atoms with Crippen LogP contribution in [0.1, 0.15) is 26.3 Å². The van der Waals surface area contributed by atoms with Gasteiger partial charge in [-0.2, -0.15) is 0 Å². The minimum Gasteiger partial charge on any atom is -0.478 e. The molecule has 0 radical (unpaired) electrons. The van der Waals surface area contributed by atoms with Crippen LogP contribution in [-0.2, 0) is 6.54 Å². The zero-order valence-electron chi connectivity index (χ0n) is 11.4. The number of hydrogen-bond donors (Lipinski definition) is 2. The van der Waals surface area contributed by atoms with Crippen LogP contribution in [0.15, 0.2) is 30.3 Å². The average Bonchev–Trinajstić information content (AvgIpc) is 2.50. The Hall–Kier alpha value is -2.18. The molecule has 1 amide bonds. The van der Waals surface area contributed by atoms with Gasteiger partial charge in [0.2, 0.25) is 0 Å². The Morgan fingerprint density at radius 3 is 2.39 bits per heavy atom. The summed E-state index contributed by atoms with van der Waals surface area (Å²) in [7, 11) is 0. The Morgan fingerprint density at radius 2 is 1.78 bits per heavy atom. The third kappa shape index (κ3) is 3.97. The minimum atomic E-state index is -1.33. The molecule has 0 aliphatic carbocycles. The van der Waals surface area contributed by atoms with E-state index < -0.39 is 23.5 Å². The first-order valence-electron chi connectivity index (χ1n) is 6.24. The lowest BCUT2D eigenvalue weighted by molar-refractivity contribution is 0.0697. The molecule has 8 heteroatoms. The van der Waals surface area contributed by atoms with Crippen LogP contribution >= 0.6 is 23.2 Å². The maximum absolute atomic E-state index is 13.1. The molecule has 2 N–H and O–H groups in total. The number of benzene rings is 2. The predicted molar refractivity (Wildman–Crippen MR) is 80.9 cm³/mol. The second-order valence-electron chi connectivity index (χ2n) is 4.56. The van der Waals surface area contributed by atoms with E-state index in [1.165, 1.54) is 12.1 Å². The third-order valence-corrected chi connectivity index (χ3v) is 3.76. The SMILES string of the molecule is O=C(NCc1ccc(F)c(F)c1)c1cc(Cl)c(Cl)c(C(=O)O)c1. The largest absolute Gasteiger partial charge is 0.478 e. The van der Waals surface area contributed by atoms with Crippen molar-refractivity contribution >= 4 is 35.1 Å². The highest BCUT2D eigenvalue weighted by atomic mass is 35.5. The van der Waals surface area contributed by atoms with Gasteiger partial charge in [0.05, 0.1) is 15.6 Å². The number of carbonyl (C=O) groups is 2. The van der Waals surface area contributed by atoms with Crippen molar-refractivity contribution in [2.24, 2.45) is 0 Å². The van der Waals surface area contributed by atoms with E-state index in [0.29, 0.717) is 5.56 Å². The fraction of sp³-hybridized carbons (Fsp3) is 0.0667. The molecule has 2 rings (SSSR count). The lowest BCUT2D eigenvalue weighted by Gasteiger charge is -2.08. The lowest BCUT2D eigenvalue weighted by Crippen LogP contribution is -2.23. The molecule has 0 aliphatic rings. The zero-order valence-corrected chi connectivity index (χ0v) is 12.9. The first-order chi connectivity index (χ1) is 10.8. The van der Waals surface area contributed by atoms with Crippen molar-refractivity contribution in [3.8, 4) is 0 Å². The van der Waals surface area contributed by atoms with Crippen LogP contribution in [0.4, 0.5) is 8.78 Å². The molecule has 0 aromatic heterocycles. The number of hydrogen-bond acceptors (Lipinski definition) is 2. The first-order valence-corrected chi connectivity index (χ1v) is 6.99. The van der Waals surface area contributed by atoms with Gasteiger partial charge >= 0.3 is 5.97 Å². The summed E-state index contributed by atoms with van der Waals surface area (Å²) in [6.45, 7) is -0.0708. The number of carboxylic acids is 1. The van der Waals surface area contributed by atoms with Crippen LogP contribution in [-0.4, -0.2) is 17.0 Å². The van der Waals surface area contributed by atoms with Gasteiger partial charge in [-0.1, -0.05) is 29.3 Å². The van der Waals surface area contributed by atoms with Crippen molar-refractivity contribution in [3.05, 3.63) is 68.7 Å². The molecule has 0 aliphatic heterocycles. The van der Waals surface area contributed by atoms with Crippen LogP contribution in [0.2, 0.25) is 10.0 Å². The van der Waals surface area contributed by atoms with Gasteiger partial charge in [0.1, 0.15) is 0 Å². The molecule has 120 valence electrons. The number of halogens is 4. The monoisotopic (exact) mass is 359 g/mol. The van der Waals surface area contributed by atoms with Crippen molar-refractivity contribution in [3.63, 3.8) is 0 Å². The van der Waals surface area contributed by atoms with Crippen LogP contribution in [0.3, 0.4) is 0 Å². The molecule has 23 heavy (non-hydrogen) atoms. The summed E-state index contributed by atoms with van der Waals surface area (Å²) in [5.74, 6) is -3.97. The topological polar surface area (TPSA) is 66.4 Å². The fourth-order valence-electron chi connectivity index (χ4n) is 1.81. The van der Waals surface area contributed by atoms with E-state index in [9.17, 15) is 18.4 Å². The van der Waals surface area contributed by atoms with Gasteiger partial charge in [-0.05, 0) is 29.8 Å². The maximum Gasteiger partial charge on any atom is 0.337 e. The van der Waals surface area contributed by atoms with Crippen molar-refractivity contribution in [1.29, 1.82) is 0 Å². The van der Waals surface area contributed by atoms with Gasteiger partial charge in [0.15, 0.2) is 11.6 Å². The Balaban J connectivity index is 2.17. The molecule has 0 saturated carbocycles. The van der Waals surface area contributed by atoms with Gasteiger partial charge < -0.3 is 10.4 Å². The van der Waals surface area contributed by atoms with Gasteiger partial charge in [0.25, 0.3) is 5.91 Å². The van der Waals surface area contributed by atoms with Crippen LogP contribution < -0.4 is 5.32 Å². The summed E-state index contributed by atoms with van der Waals surface area (Å²) in [5, 5.41) is 11.2. The van der Waals surface area contributed by atoms with Gasteiger partial charge in [-0.15, -0.1) is 0 Å². The molecule has 2 aromatic carbocycles. The third-order valence-electron chi connectivity index (χ3n) is 2.96. The number of amides is 1. The number of carboxylic acid groups (broad SMARTS) is 1. The maximum atomic E-state index is 13.1. The fourth-order valence-corrected chi connectivity index (χ4v) is 2.22. The van der Waals surface area contributed by atoms with Crippen LogP contribution in [0.25, 0.3) is 0 Å². The number of rotatable bonds is 4. The van der Waals surface area contributed by atoms with Crippen molar-refractivity contribution in [2.75, 3.05) is 0 Å². The van der Waals surface area contributed by atoms with E-state index in [1.807, 2.05) is 0 Å². The van der Waals surface area contributed by atoms with Gasteiger partial charge in [0, 0.05) is 12.1 Å². The van der Waals surface area contributed by atoms with Crippen molar-refractivity contribution < 1.29 is 23.5 Å². The quantitative estimate of drug-likeness (QED) is 0.869. The van der Waals surface area contributed by atoms with Gasteiger partial charge in [-0.3, -0.25) is 4.79 Å². The highest BCUT2D eigenvalue weighted by Crippen LogP contribution is 2.27. The van der Waals surface area contributed by atoms with Crippen LogP contribution in [0, 0.1) is 11.6 Å². The molecular weight excluding hydrogens is 351 g/mol. The Bertz CT molecular complexity index is 797. The van der Waals surface area contributed by atoms with Crippen LogP contribution in [0.5, 0.6) is 0 Å². The van der Waals surface area contributed by atoms with Crippen molar-refractivity contribution in [1.82, 2.24) is 5.32 Å². The molecule has 0 bridgehead atoms. The Kier molecular flexibility index (Phi) is 5.18. The molecular formula is C15H9Cl2F2NO3. The van der Waals surface area contributed by atoms with E-state index >= 15 is 0 Å². The summed E-state index contributed by atoms with van der Waals surface area (Å²) < 4.78 is 25.9. The normalized spacial score (nSPS) is 10.4. The summed E-state index contributed by atoms with van der Waals surface area (Å²) >= 11 is 11.5. The smallest absolute Gasteiger partial charge is 0.337 e. The number of nitrogens with one attached hydrogen (secondary N) is 1. The van der Waals surface area contributed by atoms with Gasteiger partial charge in [-0.25, -0.2) is 13.6 Å². The van der Waals surface area contributed by atoms with Crippen molar-refractivity contribution in [2.45, 2.75) is 6.54 Å². The molecule has 0 heterocycles. The molecule has 0 spiro atoms. The standard InChI is InChI=1S/C15H9Cl2F2NO3/c16-10-5-8(4-9(13(10)17)15(22)23)14(21)20-6-7-1-2-11(18)12(19)3-7/h1-5H,6H2,(H,20,21)(H,22,23). The molecule has 0 unspecified atom stereocenters. The number of aromatic carboxylic acids is 1. The summed E-state index contributed by atoms with van der Waals surface area (Å²) in [6, 6.07) is 5.51. The number of carbonyl (C=O) groups excluding carboxylic acids is 1. The molecule has 4 nitrogen and oxygen atoms in total. The minimum absolute atomic E-state index is 0.0145. The molecule has 0 fully saturated rings. The summed E-state index contributed by atoms with van der Waals surface area (Å²) in [6.07, 6.45) is 0. The highest BCUT2D eigenvalue weighted by molar-refractivity contribution is 6.44. The second-order valence-corrected chi connectivity index (χ2v) is 5.34. The first kappa shape index (κ1) is 17.2. The van der Waals surface area contributed by atoms with E-state index in [-0.39, 0.29) is 27.7 Å². The summed E-state index contributed by atoms with van der Waals surface area (Å²) in [4.78, 5) is 23.1.